The summed E-state index contributed by atoms with van der Waals surface area (Å²) in [5.41, 5.74) is 0.876. The monoisotopic (exact) mass is 294 g/mol. The molecule has 7 nitrogen and oxygen atoms in total. The first-order chi connectivity index (χ1) is 9.52. The molecule has 0 saturated carbocycles. The number of carboxylic acids is 1. The molecular formula is C12H11ClN4O3. The van der Waals surface area contributed by atoms with E-state index in [9.17, 15) is 9.59 Å². The van der Waals surface area contributed by atoms with E-state index in [-0.39, 0.29) is 18.9 Å². The van der Waals surface area contributed by atoms with Gasteiger partial charge in [0.15, 0.2) is 0 Å². The van der Waals surface area contributed by atoms with Crippen molar-refractivity contribution in [1.82, 2.24) is 15.0 Å². The number of anilines is 1. The average molecular weight is 295 g/mol. The lowest BCUT2D eigenvalue weighted by atomic mass is 10.3. The van der Waals surface area contributed by atoms with E-state index in [0.29, 0.717) is 16.4 Å². The van der Waals surface area contributed by atoms with Gasteiger partial charge in [0.05, 0.1) is 12.1 Å². The normalized spacial score (nSPS) is 10.2. The molecule has 0 aliphatic rings. The highest BCUT2D eigenvalue weighted by molar-refractivity contribution is 6.30. The van der Waals surface area contributed by atoms with Crippen LogP contribution >= 0.6 is 11.6 Å². The third-order valence-corrected chi connectivity index (χ3v) is 2.57. The van der Waals surface area contributed by atoms with E-state index < -0.39 is 5.97 Å². The largest absolute Gasteiger partial charge is 0.481 e. The molecule has 0 aliphatic carbocycles. The minimum Gasteiger partial charge on any atom is -0.481 e. The van der Waals surface area contributed by atoms with E-state index in [1.807, 2.05) is 0 Å². The van der Waals surface area contributed by atoms with E-state index in [0.717, 1.165) is 0 Å². The van der Waals surface area contributed by atoms with Gasteiger partial charge in [-0.2, -0.15) is 0 Å². The summed E-state index contributed by atoms with van der Waals surface area (Å²) in [7, 11) is 0. The molecule has 0 saturated heterocycles. The van der Waals surface area contributed by atoms with Crippen LogP contribution in [0.1, 0.15) is 5.69 Å². The summed E-state index contributed by atoms with van der Waals surface area (Å²) in [6.45, 7) is -0.0564. The number of carboxylic acid groups (broad SMARTS) is 1. The van der Waals surface area contributed by atoms with Crippen molar-refractivity contribution in [2.45, 2.75) is 13.0 Å². The second kappa shape index (κ2) is 6.16. The number of aliphatic carboxylic acids is 1. The SMILES string of the molecule is O=C(O)Cc1cn(CC(=O)Nc2cccc(Cl)c2)nn1. The maximum absolute atomic E-state index is 11.8. The van der Waals surface area contributed by atoms with Crippen LogP contribution in [0.5, 0.6) is 0 Å². The number of nitrogens with zero attached hydrogens (tertiary/aromatic N) is 3. The summed E-state index contributed by atoms with van der Waals surface area (Å²) >= 11 is 5.81. The zero-order chi connectivity index (χ0) is 14.5. The van der Waals surface area contributed by atoms with Gasteiger partial charge in [0.25, 0.3) is 0 Å². The molecule has 2 rings (SSSR count). The molecule has 0 fully saturated rings. The number of rotatable bonds is 5. The number of nitrogens with one attached hydrogen (secondary N) is 1. The van der Waals surface area contributed by atoms with Gasteiger partial charge in [-0.1, -0.05) is 22.9 Å². The summed E-state index contributed by atoms with van der Waals surface area (Å²) in [4.78, 5) is 22.3. The number of amides is 1. The number of hydrogen-bond acceptors (Lipinski definition) is 4. The molecule has 0 radical (unpaired) electrons. The molecule has 1 aromatic heterocycles. The third kappa shape index (κ3) is 4.06. The van der Waals surface area contributed by atoms with Gasteiger partial charge in [-0.15, -0.1) is 5.10 Å². The van der Waals surface area contributed by atoms with Crippen molar-refractivity contribution >= 4 is 29.2 Å². The van der Waals surface area contributed by atoms with E-state index in [1.54, 1.807) is 24.3 Å². The molecule has 104 valence electrons. The summed E-state index contributed by atoms with van der Waals surface area (Å²) in [6, 6.07) is 6.75. The Balaban J connectivity index is 1.94. The molecule has 0 atom stereocenters. The second-order valence-electron chi connectivity index (χ2n) is 4.04. The predicted octanol–water partition coefficient (Wildman–Crippen LogP) is 1.20. The van der Waals surface area contributed by atoms with Crippen molar-refractivity contribution in [2.75, 3.05) is 5.32 Å². The topological polar surface area (TPSA) is 97.1 Å². The van der Waals surface area contributed by atoms with E-state index in [4.69, 9.17) is 16.7 Å². The van der Waals surface area contributed by atoms with Crippen LogP contribution in [0.3, 0.4) is 0 Å². The van der Waals surface area contributed by atoms with Crippen molar-refractivity contribution < 1.29 is 14.7 Å². The fourth-order valence-electron chi connectivity index (χ4n) is 1.57. The van der Waals surface area contributed by atoms with Gasteiger partial charge in [0.2, 0.25) is 5.91 Å². The highest BCUT2D eigenvalue weighted by Crippen LogP contribution is 2.14. The molecule has 1 aromatic carbocycles. The Morgan fingerprint density at radius 2 is 2.20 bits per heavy atom. The van der Waals surface area contributed by atoms with Crippen LogP contribution in [-0.4, -0.2) is 32.0 Å². The van der Waals surface area contributed by atoms with Crippen molar-refractivity contribution in [3.8, 4) is 0 Å². The van der Waals surface area contributed by atoms with E-state index >= 15 is 0 Å². The Kier molecular flexibility index (Phi) is 4.31. The van der Waals surface area contributed by atoms with Crippen LogP contribution in [0.2, 0.25) is 5.02 Å². The van der Waals surface area contributed by atoms with E-state index in [1.165, 1.54) is 10.9 Å². The van der Waals surface area contributed by atoms with Crippen LogP contribution in [0, 0.1) is 0 Å². The van der Waals surface area contributed by atoms with Crippen LogP contribution < -0.4 is 5.32 Å². The molecule has 1 amide bonds. The maximum Gasteiger partial charge on any atom is 0.309 e. The number of carbonyl (C=O) groups excluding carboxylic acids is 1. The predicted molar refractivity (Wildman–Crippen MR) is 71.4 cm³/mol. The molecule has 8 heteroatoms. The molecule has 2 N–H and O–H groups in total. The summed E-state index contributed by atoms with van der Waals surface area (Å²) in [5.74, 6) is -1.31. The highest BCUT2D eigenvalue weighted by atomic mass is 35.5. The molecular weight excluding hydrogens is 284 g/mol. The first kappa shape index (κ1) is 14.0. The number of halogens is 1. The Morgan fingerprint density at radius 3 is 2.90 bits per heavy atom. The summed E-state index contributed by atoms with van der Waals surface area (Å²) < 4.78 is 1.28. The lowest BCUT2D eigenvalue weighted by Gasteiger charge is -2.04. The van der Waals surface area contributed by atoms with Crippen LogP contribution in [0.15, 0.2) is 30.5 Å². The molecule has 20 heavy (non-hydrogen) atoms. The van der Waals surface area contributed by atoms with Gasteiger partial charge >= 0.3 is 5.97 Å². The third-order valence-electron chi connectivity index (χ3n) is 2.33. The average Bonchev–Trinajstić information content (AvgIpc) is 2.75. The Hall–Kier alpha value is -2.41. The Morgan fingerprint density at radius 1 is 1.40 bits per heavy atom. The fraction of sp³-hybridized carbons (Fsp3) is 0.167. The van der Waals surface area contributed by atoms with Gasteiger partial charge in [-0.3, -0.25) is 9.59 Å². The molecule has 0 unspecified atom stereocenters. The zero-order valence-corrected chi connectivity index (χ0v) is 11.0. The summed E-state index contributed by atoms with van der Waals surface area (Å²) in [6.07, 6.45) is 1.20. The molecule has 0 aliphatic heterocycles. The highest BCUT2D eigenvalue weighted by Gasteiger charge is 2.09. The number of aromatic nitrogens is 3. The number of hydrogen-bond donors (Lipinski definition) is 2. The summed E-state index contributed by atoms with van der Waals surface area (Å²) in [5, 5.41) is 19.1. The van der Waals surface area contributed by atoms with Crippen LogP contribution in [-0.2, 0) is 22.6 Å². The Labute approximate surface area is 119 Å². The minimum absolute atomic E-state index is 0.0564. The first-order valence-electron chi connectivity index (χ1n) is 5.69. The van der Waals surface area contributed by atoms with E-state index in [2.05, 4.69) is 15.6 Å². The standard InChI is InChI=1S/C12H11ClN4O3/c13-8-2-1-3-9(4-8)14-11(18)7-17-6-10(15-16-17)5-12(19)20/h1-4,6H,5,7H2,(H,14,18)(H,19,20). The maximum atomic E-state index is 11.8. The van der Waals surface area contributed by atoms with Crippen molar-refractivity contribution in [3.05, 3.63) is 41.2 Å². The van der Waals surface area contributed by atoms with Crippen molar-refractivity contribution in [1.29, 1.82) is 0 Å². The lowest BCUT2D eigenvalue weighted by molar-refractivity contribution is -0.136. The minimum atomic E-state index is -1.000. The van der Waals surface area contributed by atoms with Gasteiger partial charge in [-0.25, -0.2) is 4.68 Å². The van der Waals surface area contributed by atoms with Crippen LogP contribution in [0.4, 0.5) is 5.69 Å². The van der Waals surface area contributed by atoms with Crippen molar-refractivity contribution in [3.63, 3.8) is 0 Å². The molecule has 0 bridgehead atoms. The first-order valence-corrected chi connectivity index (χ1v) is 6.07. The molecule has 2 aromatic rings. The van der Waals surface area contributed by atoms with Gasteiger partial charge in [0, 0.05) is 16.9 Å². The molecule has 0 spiro atoms. The number of carbonyl (C=O) groups is 2. The quantitative estimate of drug-likeness (QED) is 0.863. The smallest absolute Gasteiger partial charge is 0.309 e. The van der Waals surface area contributed by atoms with Gasteiger partial charge in [0.1, 0.15) is 6.54 Å². The zero-order valence-electron chi connectivity index (χ0n) is 10.3. The number of benzene rings is 1. The van der Waals surface area contributed by atoms with Gasteiger partial charge < -0.3 is 10.4 Å². The second-order valence-corrected chi connectivity index (χ2v) is 4.47. The van der Waals surface area contributed by atoms with Crippen molar-refractivity contribution in [2.24, 2.45) is 0 Å². The fourth-order valence-corrected chi connectivity index (χ4v) is 1.76. The van der Waals surface area contributed by atoms with Gasteiger partial charge in [-0.05, 0) is 18.2 Å². The lowest BCUT2D eigenvalue weighted by Crippen LogP contribution is -2.19. The van der Waals surface area contributed by atoms with Crippen LogP contribution in [0.25, 0.3) is 0 Å². The molecule has 1 heterocycles. The Bertz CT molecular complexity index is 641.